The Morgan fingerprint density at radius 3 is 2.68 bits per heavy atom. The minimum atomic E-state index is -0.00526. The highest BCUT2D eigenvalue weighted by atomic mass is 16.2. The molecule has 0 atom stereocenters. The Bertz CT molecular complexity index is 1190. The second kappa shape index (κ2) is 6.25. The van der Waals surface area contributed by atoms with Gasteiger partial charge in [-0.1, -0.05) is 0 Å². The molecular formula is C18H19N9O. The van der Waals surface area contributed by atoms with Gasteiger partial charge in [-0.05, 0) is 19.1 Å². The number of aryl methyl sites for hydroxylation is 2. The fourth-order valence-corrected chi connectivity index (χ4v) is 3.66. The molecule has 1 amide bonds. The molecule has 0 N–H and O–H groups in total. The van der Waals surface area contributed by atoms with Crippen LogP contribution in [-0.4, -0.2) is 71.1 Å². The average Bonchev–Trinajstić information content (AvgIpc) is 3.32. The summed E-state index contributed by atoms with van der Waals surface area (Å²) in [5.41, 5.74) is 2.00. The maximum atomic E-state index is 13.1. The van der Waals surface area contributed by atoms with E-state index in [9.17, 15) is 4.79 Å². The number of carbonyl (C=O) groups excluding carboxylic acids is 1. The second-order valence-corrected chi connectivity index (χ2v) is 6.83. The van der Waals surface area contributed by atoms with E-state index in [2.05, 4.69) is 30.0 Å². The summed E-state index contributed by atoms with van der Waals surface area (Å²) >= 11 is 0. The molecule has 0 saturated carbocycles. The lowest BCUT2D eigenvalue weighted by molar-refractivity contribution is 0.0748. The summed E-state index contributed by atoms with van der Waals surface area (Å²) in [7, 11) is 1.91. The Hall–Kier alpha value is -3.56. The van der Waals surface area contributed by atoms with Crippen molar-refractivity contribution in [2.24, 2.45) is 7.05 Å². The van der Waals surface area contributed by atoms with E-state index in [4.69, 9.17) is 0 Å². The summed E-state index contributed by atoms with van der Waals surface area (Å²) in [6.07, 6.45) is 5.06. The Balaban J connectivity index is 1.38. The van der Waals surface area contributed by atoms with Crippen LogP contribution in [-0.2, 0) is 7.05 Å². The molecule has 1 saturated heterocycles. The lowest BCUT2D eigenvalue weighted by atomic mass is 10.2. The van der Waals surface area contributed by atoms with E-state index in [1.165, 1.54) is 0 Å². The van der Waals surface area contributed by atoms with E-state index >= 15 is 0 Å². The molecule has 0 aliphatic carbocycles. The van der Waals surface area contributed by atoms with Crippen molar-refractivity contribution in [3.63, 3.8) is 0 Å². The van der Waals surface area contributed by atoms with Crippen LogP contribution in [0, 0.1) is 6.92 Å². The molecule has 1 aliphatic heterocycles. The van der Waals surface area contributed by atoms with Gasteiger partial charge in [0.15, 0.2) is 5.65 Å². The fraction of sp³-hybridized carbons (Fsp3) is 0.333. The molecule has 1 fully saturated rings. The van der Waals surface area contributed by atoms with Crippen molar-refractivity contribution >= 4 is 28.7 Å². The molecule has 142 valence electrons. The van der Waals surface area contributed by atoms with Crippen LogP contribution in [0.2, 0.25) is 0 Å². The zero-order valence-corrected chi connectivity index (χ0v) is 15.6. The molecule has 0 aromatic carbocycles. The summed E-state index contributed by atoms with van der Waals surface area (Å²) in [4.78, 5) is 30.3. The van der Waals surface area contributed by atoms with Crippen molar-refractivity contribution in [1.29, 1.82) is 0 Å². The Kier molecular flexibility index (Phi) is 3.71. The van der Waals surface area contributed by atoms with Crippen LogP contribution in [0.1, 0.15) is 16.2 Å². The number of hydrogen-bond acceptors (Lipinski definition) is 7. The van der Waals surface area contributed by atoms with E-state index < -0.39 is 0 Å². The first kappa shape index (κ1) is 16.6. The molecule has 0 bridgehead atoms. The summed E-state index contributed by atoms with van der Waals surface area (Å²) in [6.45, 7) is 4.60. The van der Waals surface area contributed by atoms with Crippen LogP contribution in [0.3, 0.4) is 0 Å². The second-order valence-electron chi connectivity index (χ2n) is 6.83. The molecule has 10 nitrogen and oxygen atoms in total. The van der Waals surface area contributed by atoms with Crippen LogP contribution < -0.4 is 4.90 Å². The van der Waals surface area contributed by atoms with Crippen molar-refractivity contribution in [3.05, 3.63) is 42.2 Å². The predicted octanol–water partition coefficient (Wildman–Crippen LogP) is 0.677. The number of carbonyl (C=O) groups is 1. The van der Waals surface area contributed by atoms with Gasteiger partial charge in [0.05, 0.1) is 5.56 Å². The minimum absolute atomic E-state index is 0.00526. The number of imidazole rings is 1. The van der Waals surface area contributed by atoms with Gasteiger partial charge in [-0.3, -0.25) is 9.20 Å². The van der Waals surface area contributed by atoms with Gasteiger partial charge in [0.1, 0.15) is 23.5 Å². The van der Waals surface area contributed by atoms with Gasteiger partial charge in [0.2, 0.25) is 0 Å². The quantitative estimate of drug-likeness (QED) is 0.507. The van der Waals surface area contributed by atoms with Gasteiger partial charge in [-0.25, -0.2) is 15.0 Å². The van der Waals surface area contributed by atoms with Crippen LogP contribution >= 0.6 is 0 Å². The van der Waals surface area contributed by atoms with Gasteiger partial charge in [-0.15, -0.1) is 10.2 Å². The monoisotopic (exact) mass is 377 g/mol. The van der Waals surface area contributed by atoms with Crippen molar-refractivity contribution in [2.75, 3.05) is 31.1 Å². The summed E-state index contributed by atoms with van der Waals surface area (Å²) in [6, 6.07) is 3.70. The molecule has 4 aromatic heterocycles. The largest absolute Gasteiger partial charge is 0.354 e. The van der Waals surface area contributed by atoms with Crippen molar-refractivity contribution < 1.29 is 4.79 Å². The predicted molar refractivity (Wildman–Crippen MR) is 102 cm³/mol. The highest BCUT2D eigenvalue weighted by molar-refractivity contribution is 6.04. The number of pyridine rings is 1. The van der Waals surface area contributed by atoms with Crippen molar-refractivity contribution in [2.45, 2.75) is 6.92 Å². The Labute approximate surface area is 160 Å². The number of amides is 1. The maximum Gasteiger partial charge on any atom is 0.256 e. The fourth-order valence-electron chi connectivity index (χ4n) is 3.66. The highest BCUT2D eigenvalue weighted by Crippen LogP contribution is 2.21. The molecule has 0 unspecified atom stereocenters. The normalized spacial score (nSPS) is 14.9. The number of anilines is 1. The van der Waals surface area contributed by atoms with Gasteiger partial charge in [0, 0.05) is 45.6 Å². The SMILES string of the molecule is Cc1nc2c(C(=O)N3CCN(c4ccnc5nncn45)CC3)ccnc2n1C. The Morgan fingerprint density at radius 1 is 1.07 bits per heavy atom. The third-order valence-corrected chi connectivity index (χ3v) is 5.29. The molecule has 10 heteroatoms. The summed E-state index contributed by atoms with van der Waals surface area (Å²) in [5, 5.41) is 7.91. The first-order chi connectivity index (χ1) is 13.6. The number of aromatic nitrogens is 7. The first-order valence-corrected chi connectivity index (χ1v) is 9.10. The average molecular weight is 377 g/mol. The van der Waals surface area contributed by atoms with Gasteiger partial charge in [0.25, 0.3) is 11.7 Å². The van der Waals surface area contributed by atoms with E-state index in [-0.39, 0.29) is 5.91 Å². The van der Waals surface area contributed by atoms with Gasteiger partial charge < -0.3 is 14.4 Å². The number of piperazine rings is 1. The third kappa shape index (κ3) is 2.48. The number of fused-ring (bicyclic) bond motifs is 2. The maximum absolute atomic E-state index is 13.1. The van der Waals surface area contributed by atoms with Crippen LogP contribution in [0.4, 0.5) is 5.82 Å². The third-order valence-electron chi connectivity index (χ3n) is 5.29. The van der Waals surface area contributed by atoms with E-state index in [1.54, 1.807) is 24.8 Å². The van der Waals surface area contributed by atoms with Crippen LogP contribution in [0.5, 0.6) is 0 Å². The van der Waals surface area contributed by atoms with Gasteiger partial charge >= 0.3 is 0 Å². The Morgan fingerprint density at radius 2 is 1.86 bits per heavy atom. The first-order valence-electron chi connectivity index (χ1n) is 9.10. The molecule has 28 heavy (non-hydrogen) atoms. The van der Waals surface area contributed by atoms with Crippen LogP contribution in [0.25, 0.3) is 16.9 Å². The topological polar surface area (TPSA) is 97.3 Å². The molecule has 1 aliphatic rings. The lowest BCUT2D eigenvalue weighted by Gasteiger charge is -2.36. The molecule has 5 heterocycles. The zero-order chi connectivity index (χ0) is 19.3. The lowest BCUT2D eigenvalue weighted by Crippen LogP contribution is -2.49. The minimum Gasteiger partial charge on any atom is -0.354 e. The van der Waals surface area contributed by atoms with Crippen molar-refractivity contribution in [3.8, 4) is 0 Å². The van der Waals surface area contributed by atoms with Gasteiger partial charge in [-0.2, -0.15) is 0 Å². The molecule has 0 radical (unpaired) electrons. The smallest absolute Gasteiger partial charge is 0.256 e. The van der Waals surface area contributed by atoms with Crippen LogP contribution in [0.15, 0.2) is 30.9 Å². The summed E-state index contributed by atoms with van der Waals surface area (Å²) in [5.74, 6) is 2.38. The van der Waals surface area contributed by atoms with E-state index in [0.29, 0.717) is 29.9 Å². The van der Waals surface area contributed by atoms with Crippen molar-refractivity contribution in [1.82, 2.24) is 39.0 Å². The standard InChI is InChI=1S/C18H19N9O/c1-12-22-15-13(3-5-19-16(15)24(12)2)17(28)26-9-7-25(8-10-26)14-4-6-20-18-23-21-11-27(14)18/h3-6,11H,7-10H2,1-2H3. The highest BCUT2D eigenvalue weighted by Gasteiger charge is 2.26. The van der Waals surface area contributed by atoms with E-state index in [1.807, 2.05) is 33.9 Å². The van der Waals surface area contributed by atoms with E-state index in [0.717, 1.165) is 30.4 Å². The number of rotatable bonds is 2. The number of nitrogens with zero attached hydrogens (tertiary/aromatic N) is 9. The molecule has 4 aromatic rings. The summed E-state index contributed by atoms with van der Waals surface area (Å²) < 4.78 is 3.76. The molecule has 5 rings (SSSR count). The molecular weight excluding hydrogens is 358 g/mol. The molecule has 0 spiro atoms. The zero-order valence-electron chi connectivity index (χ0n) is 15.6. The number of hydrogen-bond donors (Lipinski definition) is 0.